The summed E-state index contributed by atoms with van der Waals surface area (Å²) in [7, 11) is 1.68. The fourth-order valence-electron chi connectivity index (χ4n) is 2.80. The second kappa shape index (κ2) is 6.51. The number of aromatic amines is 1. The number of piperazine rings is 1. The predicted molar refractivity (Wildman–Crippen MR) is 87.1 cm³/mol. The number of para-hydroxylation sites is 2. The van der Waals surface area contributed by atoms with Crippen molar-refractivity contribution in [2.75, 3.05) is 43.1 Å². The van der Waals surface area contributed by atoms with Crippen molar-refractivity contribution < 1.29 is 14.6 Å². The molecular weight excluding hydrogens is 296 g/mol. The normalized spacial score (nSPS) is 14.7. The molecule has 2 heterocycles. The molecule has 7 heteroatoms. The van der Waals surface area contributed by atoms with Crippen LogP contribution in [0.3, 0.4) is 0 Å². The Labute approximate surface area is 134 Å². The molecule has 0 aliphatic carbocycles. The second-order valence-corrected chi connectivity index (χ2v) is 5.34. The van der Waals surface area contributed by atoms with Crippen LogP contribution in [-0.2, 0) is 0 Å². The lowest BCUT2D eigenvalue weighted by Gasteiger charge is -2.33. The number of H-pyrrole nitrogens is 1. The molecule has 1 aromatic heterocycles. The van der Waals surface area contributed by atoms with Gasteiger partial charge in [0.2, 0.25) is 0 Å². The number of pyridine rings is 1. The van der Waals surface area contributed by atoms with E-state index in [-0.39, 0.29) is 5.69 Å². The average Bonchev–Trinajstić information content (AvgIpc) is 2.62. The summed E-state index contributed by atoms with van der Waals surface area (Å²) >= 11 is 0. The van der Waals surface area contributed by atoms with Crippen LogP contribution < -0.4 is 19.5 Å². The summed E-state index contributed by atoms with van der Waals surface area (Å²) in [6, 6.07) is 11.3. The van der Waals surface area contributed by atoms with E-state index in [9.17, 15) is 10.1 Å². The Morgan fingerprint density at radius 1 is 1.09 bits per heavy atom. The maximum absolute atomic E-state index is 10.7. The molecule has 7 nitrogen and oxygen atoms in total. The van der Waals surface area contributed by atoms with Crippen LogP contribution >= 0.6 is 0 Å². The molecule has 2 aromatic rings. The van der Waals surface area contributed by atoms with Gasteiger partial charge in [0.05, 0.1) is 30.8 Å². The molecule has 0 saturated carbocycles. The van der Waals surface area contributed by atoms with Gasteiger partial charge in [0.15, 0.2) is 6.20 Å². The van der Waals surface area contributed by atoms with Crippen molar-refractivity contribution in [2.45, 2.75) is 0 Å². The van der Waals surface area contributed by atoms with Crippen LogP contribution in [0, 0.1) is 10.1 Å². The summed E-state index contributed by atoms with van der Waals surface area (Å²) < 4.78 is 5.42. The fraction of sp³-hybridized carbons (Fsp3) is 0.312. The molecular formula is C16H19N4O3+. The van der Waals surface area contributed by atoms with Gasteiger partial charge in [-0.15, -0.1) is 0 Å². The Hall–Kier alpha value is -2.83. The first kappa shape index (κ1) is 15.1. The fourth-order valence-corrected chi connectivity index (χ4v) is 2.80. The first-order valence-electron chi connectivity index (χ1n) is 7.48. The number of anilines is 2. The summed E-state index contributed by atoms with van der Waals surface area (Å²) in [4.78, 5) is 17.8. The van der Waals surface area contributed by atoms with E-state index in [0.717, 1.165) is 43.4 Å². The zero-order chi connectivity index (χ0) is 16.2. The van der Waals surface area contributed by atoms with Gasteiger partial charge in [-0.2, -0.15) is 0 Å². The van der Waals surface area contributed by atoms with Crippen LogP contribution in [0.5, 0.6) is 5.75 Å². The molecule has 0 bridgehead atoms. The molecule has 3 rings (SSSR count). The molecule has 1 fully saturated rings. The van der Waals surface area contributed by atoms with E-state index in [0.29, 0.717) is 0 Å². The van der Waals surface area contributed by atoms with Crippen LogP contribution in [-0.4, -0.2) is 38.2 Å². The predicted octanol–water partition coefficient (Wildman–Crippen LogP) is 1.74. The van der Waals surface area contributed by atoms with Crippen molar-refractivity contribution in [1.29, 1.82) is 0 Å². The highest BCUT2D eigenvalue weighted by molar-refractivity contribution is 5.59. The van der Waals surface area contributed by atoms with Gasteiger partial charge in [-0.3, -0.25) is 15.0 Å². The number of nitrogens with zero attached hydrogens (tertiary/aromatic N) is 3. The summed E-state index contributed by atoms with van der Waals surface area (Å²) in [5, 5.41) is 10.7. The van der Waals surface area contributed by atoms with E-state index in [1.54, 1.807) is 13.2 Å². The Morgan fingerprint density at radius 2 is 1.78 bits per heavy atom. The van der Waals surface area contributed by atoms with Gasteiger partial charge >= 0.3 is 5.69 Å². The highest BCUT2D eigenvalue weighted by atomic mass is 16.6. The lowest BCUT2D eigenvalue weighted by Crippen LogP contribution is -2.48. The zero-order valence-corrected chi connectivity index (χ0v) is 12.9. The van der Waals surface area contributed by atoms with Crippen LogP contribution in [0.25, 0.3) is 0 Å². The monoisotopic (exact) mass is 315 g/mol. The lowest BCUT2D eigenvalue weighted by atomic mass is 10.2. The minimum absolute atomic E-state index is 0.0707. The van der Waals surface area contributed by atoms with Crippen molar-refractivity contribution in [3.05, 3.63) is 52.7 Å². The molecule has 1 saturated heterocycles. The summed E-state index contributed by atoms with van der Waals surface area (Å²) in [5.74, 6) is 1.78. The number of ether oxygens (including phenoxy) is 1. The number of nitrogens with one attached hydrogen (secondary N) is 1. The third-order valence-corrected chi connectivity index (χ3v) is 4.04. The van der Waals surface area contributed by atoms with Gasteiger partial charge in [-0.1, -0.05) is 12.1 Å². The van der Waals surface area contributed by atoms with E-state index < -0.39 is 4.92 Å². The van der Waals surface area contributed by atoms with Crippen LogP contribution in [0.1, 0.15) is 0 Å². The van der Waals surface area contributed by atoms with Crippen molar-refractivity contribution in [2.24, 2.45) is 0 Å². The average molecular weight is 315 g/mol. The smallest absolute Gasteiger partial charge is 0.308 e. The Kier molecular flexibility index (Phi) is 4.27. The van der Waals surface area contributed by atoms with E-state index in [1.165, 1.54) is 12.3 Å². The van der Waals surface area contributed by atoms with E-state index in [4.69, 9.17) is 4.74 Å². The quantitative estimate of drug-likeness (QED) is 0.635. The minimum atomic E-state index is -0.403. The third-order valence-electron chi connectivity index (χ3n) is 4.04. The first-order valence-corrected chi connectivity index (χ1v) is 7.48. The van der Waals surface area contributed by atoms with E-state index in [1.807, 2.05) is 18.2 Å². The number of benzene rings is 1. The van der Waals surface area contributed by atoms with Gasteiger partial charge in [0, 0.05) is 12.1 Å². The molecule has 0 atom stereocenters. The Balaban J connectivity index is 1.67. The van der Waals surface area contributed by atoms with Crippen LogP contribution in [0.2, 0.25) is 0 Å². The summed E-state index contributed by atoms with van der Waals surface area (Å²) in [6.45, 7) is 3.41. The lowest BCUT2D eigenvalue weighted by molar-refractivity contribution is -0.414. The minimum Gasteiger partial charge on any atom is -0.495 e. The van der Waals surface area contributed by atoms with Crippen molar-refractivity contribution in [3.8, 4) is 5.75 Å². The van der Waals surface area contributed by atoms with Gasteiger partial charge in [-0.25, -0.2) is 4.98 Å². The number of aromatic nitrogens is 1. The highest BCUT2D eigenvalue weighted by Gasteiger charge is 2.25. The highest BCUT2D eigenvalue weighted by Crippen LogP contribution is 2.28. The third kappa shape index (κ3) is 3.18. The number of rotatable bonds is 4. The molecule has 1 aliphatic heterocycles. The van der Waals surface area contributed by atoms with E-state index in [2.05, 4.69) is 20.9 Å². The molecule has 0 radical (unpaired) electrons. The van der Waals surface area contributed by atoms with Gasteiger partial charge in [-0.05, 0) is 12.1 Å². The number of methoxy groups -OCH3 is 1. The number of nitro groups is 1. The molecule has 1 aromatic carbocycles. The molecule has 23 heavy (non-hydrogen) atoms. The topological polar surface area (TPSA) is 73.0 Å². The molecule has 1 aliphatic rings. The molecule has 120 valence electrons. The Bertz CT molecular complexity index is 682. The van der Waals surface area contributed by atoms with Gasteiger partial charge < -0.3 is 9.64 Å². The second-order valence-electron chi connectivity index (χ2n) is 5.34. The number of hydrogen-bond donors (Lipinski definition) is 0. The van der Waals surface area contributed by atoms with Crippen LogP contribution in [0.4, 0.5) is 17.2 Å². The zero-order valence-electron chi connectivity index (χ0n) is 12.9. The van der Waals surface area contributed by atoms with Crippen molar-refractivity contribution in [3.63, 3.8) is 0 Å². The summed E-state index contributed by atoms with van der Waals surface area (Å²) in [5.41, 5.74) is 1.17. The van der Waals surface area contributed by atoms with Crippen molar-refractivity contribution >= 4 is 17.2 Å². The van der Waals surface area contributed by atoms with Gasteiger partial charge in [0.25, 0.3) is 5.82 Å². The Morgan fingerprint density at radius 3 is 2.39 bits per heavy atom. The SMILES string of the molecule is COc1ccccc1N1CCN(c2ccc([N+](=O)[O-])c[nH+]2)CC1. The maximum Gasteiger partial charge on any atom is 0.308 e. The molecule has 0 amide bonds. The van der Waals surface area contributed by atoms with E-state index >= 15 is 0 Å². The standard InChI is InChI=1S/C16H18N4O3/c1-23-15-5-3-2-4-14(15)18-8-10-19(11-9-18)16-7-6-13(12-17-16)20(21)22/h2-7,12H,8-11H2,1H3/p+1. The number of hydrogen-bond acceptors (Lipinski definition) is 5. The molecule has 0 unspecified atom stereocenters. The molecule has 0 spiro atoms. The largest absolute Gasteiger partial charge is 0.495 e. The first-order chi connectivity index (χ1) is 11.2. The summed E-state index contributed by atoms with van der Waals surface area (Å²) in [6.07, 6.45) is 1.43. The maximum atomic E-state index is 10.7. The molecule has 1 N–H and O–H groups in total. The van der Waals surface area contributed by atoms with Crippen LogP contribution in [0.15, 0.2) is 42.6 Å². The van der Waals surface area contributed by atoms with Crippen molar-refractivity contribution in [1.82, 2.24) is 0 Å². The van der Waals surface area contributed by atoms with Gasteiger partial charge in [0.1, 0.15) is 18.8 Å².